The quantitative estimate of drug-likeness (QED) is 0.917. The molecule has 2 aromatic rings. The molecule has 4 heteroatoms. The van der Waals surface area contributed by atoms with Crippen LogP contribution in [-0.4, -0.2) is 18.2 Å². The van der Waals surface area contributed by atoms with Crippen LogP contribution < -0.4 is 14.8 Å². The van der Waals surface area contributed by atoms with Gasteiger partial charge < -0.3 is 14.8 Å². The van der Waals surface area contributed by atoms with Gasteiger partial charge in [-0.2, -0.15) is 0 Å². The van der Waals surface area contributed by atoms with Crippen molar-refractivity contribution in [3.8, 4) is 11.5 Å². The normalized spacial score (nSPS) is 13.1. The number of pyridine rings is 1. The number of benzene rings is 1. The van der Waals surface area contributed by atoms with E-state index in [0.717, 1.165) is 28.3 Å². The molecular formula is C15H16N2O2. The lowest BCUT2D eigenvalue weighted by Gasteiger charge is -2.21. The molecule has 0 spiro atoms. The second-order valence-corrected chi connectivity index (χ2v) is 4.55. The highest BCUT2D eigenvalue weighted by Gasteiger charge is 2.15. The van der Waals surface area contributed by atoms with Crippen molar-refractivity contribution in [3.63, 3.8) is 0 Å². The number of ether oxygens (including phenoxy) is 2. The summed E-state index contributed by atoms with van der Waals surface area (Å²) in [5.74, 6) is 1.68. The van der Waals surface area contributed by atoms with Crippen LogP contribution in [0.4, 0.5) is 5.69 Å². The van der Waals surface area contributed by atoms with Crippen molar-refractivity contribution in [2.75, 3.05) is 18.5 Å². The molecule has 0 saturated carbocycles. The van der Waals surface area contributed by atoms with Crippen molar-refractivity contribution in [2.45, 2.75) is 13.5 Å². The van der Waals surface area contributed by atoms with E-state index in [1.807, 2.05) is 37.5 Å². The standard InChI is InChI=1S/C15H16N2O2/c1-11-7-13(10-16-8-11)17-9-12-3-2-4-14-15(12)19-6-5-18-14/h2-4,7-8,10,17H,5-6,9H2,1H3. The summed E-state index contributed by atoms with van der Waals surface area (Å²) in [5.41, 5.74) is 3.24. The van der Waals surface area contributed by atoms with Gasteiger partial charge in [0.15, 0.2) is 11.5 Å². The molecule has 1 aliphatic heterocycles. The van der Waals surface area contributed by atoms with Gasteiger partial charge in [0.1, 0.15) is 13.2 Å². The highest BCUT2D eigenvalue weighted by atomic mass is 16.6. The minimum atomic E-state index is 0.607. The van der Waals surface area contributed by atoms with Crippen LogP contribution >= 0.6 is 0 Å². The number of hydrogen-bond donors (Lipinski definition) is 1. The Morgan fingerprint density at radius 2 is 2.11 bits per heavy atom. The summed E-state index contributed by atoms with van der Waals surface area (Å²) in [4.78, 5) is 4.17. The number of para-hydroxylation sites is 1. The predicted molar refractivity (Wildman–Crippen MR) is 73.7 cm³/mol. The summed E-state index contributed by atoms with van der Waals surface area (Å²) in [6, 6.07) is 8.04. The Labute approximate surface area is 112 Å². The van der Waals surface area contributed by atoms with Gasteiger partial charge >= 0.3 is 0 Å². The molecule has 1 aromatic carbocycles. The highest BCUT2D eigenvalue weighted by molar-refractivity contribution is 5.50. The van der Waals surface area contributed by atoms with Gasteiger partial charge in [0.2, 0.25) is 0 Å². The fraction of sp³-hybridized carbons (Fsp3) is 0.267. The third-order valence-electron chi connectivity index (χ3n) is 3.01. The molecule has 0 unspecified atom stereocenters. The topological polar surface area (TPSA) is 43.4 Å². The molecule has 0 bridgehead atoms. The van der Waals surface area contributed by atoms with E-state index in [4.69, 9.17) is 9.47 Å². The minimum absolute atomic E-state index is 0.607. The number of nitrogens with one attached hydrogen (secondary N) is 1. The number of aromatic nitrogens is 1. The van der Waals surface area contributed by atoms with Gasteiger partial charge in [-0.1, -0.05) is 12.1 Å². The first kappa shape index (κ1) is 11.8. The SMILES string of the molecule is Cc1cncc(NCc2cccc3c2OCCO3)c1. The lowest BCUT2D eigenvalue weighted by atomic mass is 10.1. The van der Waals surface area contributed by atoms with Crippen LogP contribution in [0, 0.1) is 6.92 Å². The third kappa shape index (κ3) is 2.62. The second-order valence-electron chi connectivity index (χ2n) is 4.55. The van der Waals surface area contributed by atoms with E-state index >= 15 is 0 Å². The van der Waals surface area contributed by atoms with Gasteiger partial charge in [0.25, 0.3) is 0 Å². The van der Waals surface area contributed by atoms with Crippen LogP contribution in [0.1, 0.15) is 11.1 Å². The van der Waals surface area contributed by atoms with E-state index in [2.05, 4.69) is 16.4 Å². The van der Waals surface area contributed by atoms with Crippen molar-refractivity contribution < 1.29 is 9.47 Å². The van der Waals surface area contributed by atoms with Crippen molar-refractivity contribution in [2.24, 2.45) is 0 Å². The first-order valence-electron chi connectivity index (χ1n) is 6.36. The average Bonchev–Trinajstić information content (AvgIpc) is 2.45. The molecule has 0 aliphatic carbocycles. The summed E-state index contributed by atoms with van der Waals surface area (Å²) < 4.78 is 11.3. The third-order valence-corrected chi connectivity index (χ3v) is 3.01. The summed E-state index contributed by atoms with van der Waals surface area (Å²) in [6.07, 6.45) is 3.66. The highest BCUT2D eigenvalue weighted by Crippen LogP contribution is 2.33. The zero-order valence-electron chi connectivity index (χ0n) is 10.8. The number of anilines is 1. The van der Waals surface area contributed by atoms with E-state index in [0.29, 0.717) is 19.8 Å². The van der Waals surface area contributed by atoms with Gasteiger partial charge in [-0.15, -0.1) is 0 Å². The molecule has 4 nitrogen and oxygen atoms in total. The Bertz CT molecular complexity index is 584. The van der Waals surface area contributed by atoms with E-state index in [1.165, 1.54) is 0 Å². The van der Waals surface area contributed by atoms with Gasteiger partial charge in [-0.3, -0.25) is 4.98 Å². The number of rotatable bonds is 3. The Balaban J connectivity index is 1.77. The molecule has 0 saturated heterocycles. The van der Waals surface area contributed by atoms with Gasteiger partial charge in [0, 0.05) is 24.5 Å². The van der Waals surface area contributed by atoms with E-state index < -0.39 is 0 Å². The number of hydrogen-bond acceptors (Lipinski definition) is 4. The van der Waals surface area contributed by atoms with Gasteiger partial charge in [-0.25, -0.2) is 0 Å². The van der Waals surface area contributed by atoms with Gasteiger partial charge in [-0.05, 0) is 24.6 Å². The molecule has 3 rings (SSSR count). The molecule has 0 radical (unpaired) electrons. The minimum Gasteiger partial charge on any atom is -0.486 e. The smallest absolute Gasteiger partial charge is 0.166 e. The van der Waals surface area contributed by atoms with Crippen LogP contribution in [0.15, 0.2) is 36.7 Å². The summed E-state index contributed by atoms with van der Waals surface area (Å²) >= 11 is 0. The number of aryl methyl sites for hydroxylation is 1. The number of nitrogens with zero attached hydrogens (tertiary/aromatic N) is 1. The maximum atomic E-state index is 5.69. The summed E-state index contributed by atoms with van der Waals surface area (Å²) in [5, 5.41) is 3.35. The Morgan fingerprint density at radius 3 is 3.00 bits per heavy atom. The van der Waals surface area contributed by atoms with E-state index in [9.17, 15) is 0 Å². The molecule has 2 heterocycles. The fourth-order valence-corrected chi connectivity index (χ4v) is 2.12. The zero-order valence-corrected chi connectivity index (χ0v) is 10.8. The first-order chi connectivity index (χ1) is 9.33. The second kappa shape index (κ2) is 5.18. The van der Waals surface area contributed by atoms with Crippen LogP contribution in [0.2, 0.25) is 0 Å². The first-order valence-corrected chi connectivity index (χ1v) is 6.36. The summed E-state index contributed by atoms with van der Waals surface area (Å²) in [6.45, 7) is 3.94. The monoisotopic (exact) mass is 256 g/mol. The largest absolute Gasteiger partial charge is 0.486 e. The number of fused-ring (bicyclic) bond motifs is 1. The molecule has 1 aliphatic rings. The van der Waals surface area contributed by atoms with Crippen molar-refractivity contribution in [1.82, 2.24) is 4.98 Å². The fourth-order valence-electron chi connectivity index (χ4n) is 2.12. The molecule has 0 atom stereocenters. The maximum absolute atomic E-state index is 5.69. The average molecular weight is 256 g/mol. The Hall–Kier alpha value is -2.23. The predicted octanol–water partition coefficient (Wildman–Crippen LogP) is 2.77. The van der Waals surface area contributed by atoms with Crippen LogP contribution in [-0.2, 0) is 6.54 Å². The van der Waals surface area contributed by atoms with E-state index in [1.54, 1.807) is 0 Å². The zero-order chi connectivity index (χ0) is 13.1. The lowest BCUT2D eigenvalue weighted by molar-refractivity contribution is 0.170. The van der Waals surface area contributed by atoms with Gasteiger partial charge in [0.05, 0.1) is 5.69 Å². The molecule has 1 aromatic heterocycles. The van der Waals surface area contributed by atoms with Crippen LogP contribution in [0.25, 0.3) is 0 Å². The molecule has 0 amide bonds. The molecule has 98 valence electrons. The summed E-state index contributed by atoms with van der Waals surface area (Å²) in [7, 11) is 0. The van der Waals surface area contributed by atoms with Crippen LogP contribution in [0.5, 0.6) is 11.5 Å². The van der Waals surface area contributed by atoms with Crippen LogP contribution in [0.3, 0.4) is 0 Å². The molecule has 0 fully saturated rings. The van der Waals surface area contributed by atoms with E-state index in [-0.39, 0.29) is 0 Å². The van der Waals surface area contributed by atoms with Crippen molar-refractivity contribution >= 4 is 5.69 Å². The Kier molecular flexibility index (Phi) is 3.23. The lowest BCUT2D eigenvalue weighted by Crippen LogP contribution is -2.17. The maximum Gasteiger partial charge on any atom is 0.166 e. The Morgan fingerprint density at radius 1 is 1.21 bits per heavy atom. The molecular weight excluding hydrogens is 240 g/mol. The van der Waals surface area contributed by atoms with Crippen molar-refractivity contribution in [3.05, 3.63) is 47.8 Å². The van der Waals surface area contributed by atoms with Crippen molar-refractivity contribution in [1.29, 1.82) is 0 Å². The molecule has 1 N–H and O–H groups in total. The molecule has 19 heavy (non-hydrogen) atoms.